The number of esters is 1. The van der Waals surface area contributed by atoms with E-state index in [9.17, 15) is 9.59 Å². The van der Waals surface area contributed by atoms with Crippen LogP contribution in [0.1, 0.15) is 18.5 Å². The number of nitrogens with zero attached hydrogens (tertiary/aromatic N) is 1. The summed E-state index contributed by atoms with van der Waals surface area (Å²) in [5, 5.41) is 3.27. The molecule has 1 unspecified atom stereocenters. The monoisotopic (exact) mass is 320 g/mol. The van der Waals surface area contributed by atoms with Crippen molar-refractivity contribution in [2.45, 2.75) is 13.0 Å². The zero-order valence-corrected chi connectivity index (χ0v) is 13.2. The van der Waals surface area contributed by atoms with E-state index in [1.807, 2.05) is 0 Å². The molecule has 2 rings (SSSR count). The van der Waals surface area contributed by atoms with E-state index in [0.717, 1.165) is 0 Å². The van der Waals surface area contributed by atoms with Crippen molar-refractivity contribution in [2.75, 3.05) is 13.7 Å². The lowest BCUT2D eigenvalue weighted by atomic mass is 9.95. The van der Waals surface area contributed by atoms with Gasteiger partial charge in [0.05, 0.1) is 18.7 Å². The smallest absolute Gasteiger partial charge is 0.337 e. The fourth-order valence-electron chi connectivity index (χ4n) is 2.45. The number of urea groups is 1. The highest BCUT2D eigenvalue weighted by Gasteiger charge is 2.36. The minimum Gasteiger partial charge on any atom is -0.466 e. The molecule has 0 saturated heterocycles. The molecule has 1 atom stereocenters. The van der Waals surface area contributed by atoms with Gasteiger partial charge in [-0.05, 0) is 18.6 Å². The van der Waals surface area contributed by atoms with Gasteiger partial charge >= 0.3 is 12.0 Å². The Hall–Kier alpha value is -2.27. The Balaban J connectivity index is 2.58. The molecule has 1 aliphatic heterocycles. The van der Waals surface area contributed by atoms with Gasteiger partial charge in [0.1, 0.15) is 0 Å². The molecule has 22 heavy (non-hydrogen) atoms. The minimum atomic E-state index is -0.644. The highest BCUT2D eigenvalue weighted by atomic mass is 35.5. The van der Waals surface area contributed by atoms with Crippen molar-refractivity contribution in [3.63, 3.8) is 0 Å². The van der Waals surface area contributed by atoms with E-state index >= 15 is 0 Å². The summed E-state index contributed by atoms with van der Waals surface area (Å²) in [4.78, 5) is 25.9. The number of benzene rings is 1. The van der Waals surface area contributed by atoms with Crippen molar-refractivity contribution in [1.82, 2.24) is 10.2 Å². The summed E-state index contributed by atoms with van der Waals surface area (Å²) in [6, 6.07) is 6.11. The lowest BCUT2D eigenvalue weighted by Gasteiger charge is -2.35. The van der Waals surface area contributed by atoms with Gasteiger partial charge in [0, 0.05) is 17.3 Å². The number of rotatable bonds is 4. The molecule has 1 aromatic carbocycles. The SMILES string of the molecule is C=CCN1C(=O)NC(c2ccccc2Cl)C(C(=O)OC)=C1C. The van der Waals surface area contributed by atoms with Crippen LogP contribution in [0.3, 0.4) is 0 Å². The van der Waals surface area contributed by atoms with Gasteiger partial charge in [-0.25, -0.2) is 9.59 Å². The standard InChI is InChI=1S/C16H17ClN2O3/c1-4-9-19-10(2)13(15(20)22-3)14(18-16(19)21)11-7-5-6-8-12(11)17/h4-8,14H,1,9H2,2-3H3,(H,18,21). The molecule has 0 fully saturated rings. The van der Waals surface area contributed by atoms with Gasteiger partial charge in [0.2, 0.25) is 0 Å². The summed E-state index contributed by atoms with van der Waals surface area (Å²) in [6.45, 7) is 5.63. The largest absolute Gasteiger partial charge is 0.466 e. The molecule has 5 nitrogen and oxygen atoms in total. The van der Waals surface area contributed by atoms with Crippen LogP contribution in [0.2, 0.25) is 5.02 Å². The number of hydrogen-bond donors (Lipinski definition) is 1. The average molecular weight is 321 g/mol. The molecule has 1 N–H and O–H groups in total. The van der Waals surface area contributed by atoms with Crippen molar-refractivity contribution < 1.29 is 14.3 Å². The highest BCUT2D eigenvalue weighted by molar-refractivity contribution is 6.31. The molecule has 0 aliphatic carbocycles. The Labute approximate surface area is 134 Å². The van der Waals surface area contributed by atoms with Gasteiger partial charge in [-0.15, -0.1) is 6.58 Å². The van der Waals surface area contributed by atoms with Crippen LogP contribution in [0.5, 0.6) is 0 Å². The van der Waals surface area contributed by atoms with Crippen LogP contribution in [0.4, 0.5) is 4.79 Å². The second-order valence-corrected chi connectivity index (χ2v) is 5.20. The molecule has 0 spiro atoms. The van der Waals surface area contributed by atoms with E-state index in [-0.39, 0.29) is 6.03 Å². The van der Waals surface area contributed by atoms with Crippen LogP contribution >= 0.6 is 11.6 Å². The normalized spacial score (nSPS) is 18.0. The quantitative estimate of drug-likeness (QED) is 0.685. The molecule has 1 heterocycles. The van der Waals surface area contributed by atoms with E-state index in [1.165, 1.54) is 12.0 Å². The number of amides is 2. The van der Waals surface area contributed by atoms with Gasteiger partial charge in [0.25, 0.3) is 0 Å². The molecule has 0 radical (unpaired) electrons. The fourth-order valence-corrected chi connectivity index (χ4v) is 2.69. The van der Waals surface area contributed by atoms with Gasteiger partial charge in [0.15, 0.2) is 0 Å². The first-order valence-corrected chi connectivity index (χ1v) is 7.11. The third kappa shape index (κ3) is 2.85. The van der Waals surface area contributed by atoms with E-state index in [2.05, 4.69) is 11.9 Å². The average Bonchev–Trinajstić information content (AvgIpc) is 2.50. The van der Waals surface area contributed by atoms with E-state index in [1.54, 1.807) is 37.3 Å². The Morgan fingerprint density at radius 1 is 1.50 bits per heavy atom. The van der Waals surface area contributed by atoms with Crippen LogP contribution in [0.25, 0.3) is 0 Å². The lowest BCUT2D eigenvalue weighted by molar-refractivity contribution is -0.136. The molecule has 6 heteroatoms. The topological polar surface area (TPSA) is 58.6 Å². The maximum absolute atomic E-state index is 12.3. The number of methoxy groups -OCH3 is 1. The summed E-state index contributed by atoms with van der Waals surface area (Å²) in [5.41, 5.74) is 1.54. The molecule has 1 aliphatic rings. The summed E-state index contributed by atoms with van der Waals surface area (Å²) >= 11 is 6.21. The van der Waals surface area contributed by atoms with Crippen LogP contribution in [-0.4, -0.2) is 30.6 Å². The predicted octanol–water partition coefficient (Wildman–Crippen LogP) is 3.04. The summed E-state index contributed by atoms with van der Waals surface area (Å²) in [7, 11) is 1.31. The van der Waals surface area contributed by atoms with Crippen LogP contribution in [0, 0.1) is 0 Å². The molecule has 0 bridgehead atoms. The second-order valence-electron chi connectivity index (χ2n) is 4.79. The lowest BCUT2D eigenvalue weighted by Crippen LogP contribution is -2.48. The summed E-state index contributed by atoms with van der Waals surface area (Å²) in [5.74, 6) is -0.503. The molecule has 0 aromatic heterocycles. The Bertz CT molecular complexity index is 655. The fraction of sp³-hybridized carbons (Fsp3) is 0.250. The van der Waals surface area contributed by atoms with E-state index in [0.29, 0.717) is 28.4 Å². The van der Waals surface area contributed by atoms with Gasteiger partial charge < -0.3 is 10.1 Å². The minimum absolute atomic E-state index is 0.299. The first kappa shape index (κ1) is 16.1. The molecule has 1 aromatic rings. The van der Waals surface area contributed by atoms with Crippen molar-refractivity contribution in [2.24, 2.45) is 0 Å². The van der Waals surface area contributed by atoms with Gasteiger partial charge in [-0.2, -0.15) is 0 Å². The Morgan fingerprint density at radius 2 is 2.18 bits per heavy atom. The molecule has 116 valence electrons. The van der Waals surface area contributed by atoms with Crippen LogP contribution in [0.15, 0.2) is 48.2 Å². The zero-order valence-electron chi connectivity index (χ0n) is 12.4. The van der Waals surface area contributed by atoms with Gasteiger partial charge in [-0.3, -0.25) is 4.90 Å². The molecule has 2 amide bonds. The maximum Gasteiger partial charge on any atom is 0.337 e. The maximum atomic E-state index is 12.3. The number of halogens is 1. The molecule has 0 saturated carbocycles. The Morgan fingerprint density at radius 3 is 2.77 bits per heavy atom. The number of ether oxygens (including phenoxy) is 1. The number of nitrogens with one attached hydrogen (secondary N) is 1. The molecular formula is C16H17ClN2O3. The Kier molecular flexibility index (Phi) is 4.88. The van der Waals surface area contributed by atoms with Crippen molar-refractivity contribution in [3.05, 3.63) is 58.8 Å². The summed E-state index contributed by atoms with van der Waals surface area (Å²) in [6.07, 6.45) is 1.59. The van der Waals surface area contributed by atoms with Crippen molar-refractivity contribution >= 4 is 23.6 Å². The van der Waals surface area contributed by atoms with E-state index < -0.39 is 12.0 Å². The number of hydrogen-bond acceptors (Lipinski definition) is 3. The molecular weight excluding hydrogens is 304 g/mol. The zero-order chi connectivity index (χ0) is 16.3. The summed E-state index contributed by atoms with van der Waals surface area (Å²) < 4.78 is 4.87. The first-order valence-electron chi connectivity index (χ1n) is 6.73. The van der Waals surface area contributed by atoms with Crippen LogP contribution < -0.4 is 5.32 Å². The third-order valence-electron chi connectivity index (χ3n) is 3.53. The predicted molar refractivity (Wildman–Crippen MR) is 84.3 cm³/mol. The van der Waals surface area contributed by atoms with Crippen molar-refractivity contribution in [3.8, 4) is 0 Å². The number of allylic oxidation sites excluding steroid dienone is 1. The third-order valence-corrected chi connectivity index (χ3v) is 3.87. The highest BCUT2D eigenvalue weighted by Crippen LogP contribution is 2.34. The van der Waals surface area contributed by atoms with Gasteiger partial charge in [-0.1, -0.05) is 35.9 Å². The number of carbonyl (C=O) groups excluding carboxylic acids is 2. The number of carbonyl (C=O) groups is 2. The second kappa shape index (κ2) is 6.66. The first-order chi connectivity index (χ1) is 10.5. The van der Waals surface area contributed by atoms with Crippen molar-refractivity contribution in [1.29, 1.82) is 0 Å². The van der Waals surface area contributed by atoms with E-state index in [4.69, 9.17) is 16.3 Å². The van der Waals surface area contributed by atoms with Crippen LogP contribution in [-0.2, 0) is 9.53 Å².